The van der Waals surface area contributed by atoms with Gasteiger partial charge in [-0.3, -0.25) is 0 Å². The number of nitrogens with two attached hydrogens (primary N) is 1. The zero-order chi connectivity index (χ0) is 19.1. The normalized spacial score (nSPS) is 12.7. The highest BCUT2D eigenvalue weighted by Gasteiger charge is 2.19. The molecule has 0 fully saturated rings. The predicted molar refractivity (Wildman–Crippen MR) is 115 cm³/mol. The molecule has 0 saturated carbocycles. The number of rotatable bonds is 3. The Hall–Kier alpha value is -3.02. The zero-order valence-corrected chi connectivity index (χ0v) is 16.3. The number of nitrogens with zero attached hydrogens (tertiary/aromatic N) is 3. The average molecular weight is 403 g/mol. The molecule has 1 aliphatic carbocycles. The molecule has 2 aromatic carbocycles. The summed E-state index contributed by atoms with van der Waals surface area (Å²) in [4.78, 5) is 4.90. The lowest BCUT2D eigenvalue weighted by atomic mass is 10.00. The molecule has 0 unspecified atom stereocenters. The largest absolute Gasteiger partial charge is 0.374 e. The van der Waals surface area contributed by atoms with Crippen LogP contribution in [0.5, 0.6) is 0 Å². The summed E-state index contributed by atoms with van der Waals surface area (Å²) in [5.41, 5.74) is 13.3. The number of pyridine rings is 1. The highest BCUT2D eigenvalue weighted by molar-refractivity contribution is 7.18. The van der Waals surface area contributed by atoms with Crippen LogP contribution in [-0.2, 0) is 6.42 Å². The smallest absolute Gasteiger partial charge is 0.203 e. The van der Waals surface area contributed by atoms with Crippen molar-refractivity contribution in [3.8, 4) is 21.8 Å². The molecular weight excluding hydrogens is 388 g/mol. The maximum Gasteiger partial charge on any atom is 0.203 e. The molecule has 0 radical (unpaired) electrons. The molecule has 4 aromatic rings. The fraction of sp³-hybridized carbons (Fsp3) is 0.0455. The minimum atomic E-state index is 0.476. The van der Waals surface area contributed by atoms with E-state index in [0.29, 0.717) is 5.13 Å². The molecular formula is C22H15ClN4S. The number of aromatic nitrogens is 3. The minimum Gasteiger partial charge on any atom is -0.374 e. The molecule has 5 rings (SSSR count). The maximum absolute atomic E-state index is 6.01. The Kier molecular flexibility index (Phi) is 4.19. The van der Waals surface area contributed by atoms with Crippen molar-refractivity contribution in [2.45, 2.75) is 6.42 Å². The third kappa shape index (κ3) is 3.09. The first-order chi connectivity index (χ1) is 13.7. The summed E-state index contributed by atoms with van der Waals surface area (Å²) in [6, 6.07) is 20.2. The average Bonchev–Trinajstić information content (AvgIpc) is 3.34. The van der Waals surface area contributed by atoms with Crippen molar-refractivity contribution < 1.29 is 0 Å². The van der Waals surface area contributed by atoms with Gasteiger partial charge in [-0.05, 0) is 47.9 Å². The van der Waals surface area contributed by atoms with Gasteiger partial charge >= 0.3 is 0 Å². The molecule has 0 aliphatic heterocycles. The van der Waals surface area contributed by atoms with E-state index >= 15 is 0 Å². The van der Waals surface area contributed by atoms with Gasteiger partial charge < -0.3 is 5.73 Å². The number of hydrogen-bond donors (Lipinski definition) is 1. The van der Waals surface area contributed by atoms with Crippen LogP contribution < -0.4 is 5.73 Å². The first kappa shape index (κ1) is 17.1. The van der Waals surface area contributed by atoms with E-state index < -0.39 is 0 Å². The molecule has 136 valence electrons. The molecule has 0 atom stereocenters. The van der Waals surface area contributed by atoms with Crippen LogP contribution >= 0.6 is 22.9 Å². The van der Waals surface area contributed by atoms with Crippen LogP contribution in [0.1, 0.15) is 16.8 Å². The Morgan fingerprint density at radius 1 is 0.893 bits per heavy atom. The fourth-order valence-electron chi connectivity index (χ4n) is 3.42. The summed E-state index contributed by atoms with van der Waals surface area (Å²) in [6.07, 6.45) is 3.13. The Morgan fingerprint density at radius 2 is 1.68 bits per heavy atom. The van der Waals surface area contributed by atoms with E-state index in [1.165, 1.54) is 22.5 Å². The molecule has 0 amide bonds. The number of anilines is 1. The van der Waals surface area contributed by atoms with Gasteiger partial charge in [0.05, 0.1) is 11.4 Å². The van der Waals surface area contributed by atoms with Crippen LogP contribution in [0.3, 0.4) is 0 Å². The Balaban J connectivity index is 1.54. The van der Waals surface area contributed by atoms with Crippen LogP contribution in [-0.4, -0.2) is 15.2 Å². The van der Waals surface area contributed by atoms with E-state index in [0.717, 1.165) is 44.5 Å². The summed E-state index contributed by atoms with van der Waals surface area (Å²) in [5.74, 6) is 0. The van der Waals surface area contributed by atoms with Gasteiger partial charge in [0.15, 0.2) is 0 Å². The van der Waals surface area contributed by atoms with Crippen molar-refractivity contribution in [3.05, 3.63) is 88.6 Å². The first-order valence-electron chi connectivity index (χ1n) is 8.83. The van der Waals surface area contributed by atoms with Crippen molar-refractivity contribution in [2.75, 3.05) is 5.73 Å². The molecule has 0 saturated heterocycles. The first-order valence-corrected chi connectivity index (χ1v) is 10.0. The summed E-state index contributed by atoms with van der Waals surface area (Å²) in [5, 5.41) is 10.1. The van der Waals surface area contributed by atoms with Crippen LogP contribution in [0, 0.1) is 0 Å². The van der Waals surface area contributed by atoms with Crippen molar-refractivity contribution >= 4 is 33.6 Å². The van der Waals surface area contributed by atoms with Gasteiger partial charge in [0.25, 0.3) is 0 Å². The van der Waals surface area contributed by atoms with Crippen LogP contribution in [0.15, 0.2) is 66.7 Å². The van der Waals surface area contributed by atoms with Crippen LogP contribution in [0.2, 0.25) is 5.02 Å². The highest BCUT2D eigenvalue weighted by Crippen LogP contribution is 2.36. The van der Waals surface area contributed by atoms with Gasteiger partial charge in [-0.2, -0.15) is 0 Å². The third-order valence-corrected chi connectivity index (χ3v) is 5.83. The van der Waals surface area contributed by atoms with Gasteiger partial charge in [-0.25, -0.2) is 4.98 Å². The van der Waals surface area contributed by atoms with E-state index in [-0.39, 0.29) is 0 Å². The molecule has 0 spiro atoms. The molecule has 1 aliphatic rings. The fourth-order valence-corrected chi connectivity index (χ4v) is 4.15. The number of hydrogen-bond acceptors (Lipinski definition) is 5. The van der Waals surface area contributed by atoms with Gasteiger partial charge in [0.1, 0.15) is 5.01 Å². The molecule has 28 heavy (non-hydrogen) atoms. The maximum atomic E-state index is 6.01. The summed E-state index contributed by atoms with van der Waals surface area (Å²) in [6.45, 7) is 0. The number of nitrogen functional groups attached to an aromatic ring is 1. The van der Waals surface area contributed by atoms with Gasteiger partial charge in [0.2, 0.25) is 5.13 Å². The Labute approximate surface area is 171 Å². The molecule has 2 N–H and O–H groups in total. The van der Waals surface area contributed by atoms with Gasteiger partial charge in [-0.1, -0.05) is 59.3 Å². The van der Waals surface area contributed by atoms with E-state index in [4.69, 9.17) is 22.3 Å². The standard InChI is InChI=1S/C22H15ClN4S/c23-16-9-6-14(7-10-16)19-2-1-3-20(25-19)17-11-8-13-4-5-15(12-18(13)17)21-26-27-22(24)28-21/h1-7,9-12H,8H2,(H2,24,27). The topological polar surface area (TPSA) is 64.7 Å². The van der Waals surface area contributed by atoms with Crippen molar-refractivity contribution in [3.63, 3.8) is 0 Å². The number of halogens is 1. The van der Waals surface area contributed by atoms with Crippen molar-refractivity contribution in [2.24, 2.45) is 0 Å². The number of benzene rings is 2. The molecule has 2 aromatic heterocycles. The zero-order valence-electron chi connectivity index (χ0n) is 14.8. The lowest BCUT2D eigenvalue weighted by Crippen LogP contribution is -1.93. The Bertz CT molecular complexity index is 1210. The third-order valence-electron chi connectivity index (χ3n) is 4.78. The van der Waals surface area contributed by atoms with Gasteiger partial charge in [-0.15, -0.1) is 10.2 Å². The van der Waals surface area contributed by atoms with E-state index in [9.17, 15) is 0 Å². The van der Waals surface area contributed by atoms with E-state index in [1.807, 2.05) is 36.4 Å². The number of allylic oxidation sites excluding steroid dienone is 1. The second-order valence-corrected chi connectivity index (χ2v) is 8.00. The molecule has 6 heteroatoms. The summed E-state index contributed by atoms with van der Waals surface area (Å²) in [7, 11) is 0. The summed E-state index contributed by atoms with van der Waals surface area (Å²) < 4.78 is 0. The van der Waals surface area contributed by atoms with E-state index in [2.05, 4.69) is 40.5 Å². The second-order valence-electron chi connectivity index (χ2n) is 6.55. The lowest BCUT2D eigenvalue weighted by Gasteiger charge is -2.09. The highest BCUT2D eigenvalue weighted by atomic mass is 35.5. The van der Waals surface area contributed by atoms with Crippen molar-refractivity contribution in [1.29, 1.82) is 0 Å². The Morgan fingerprint density at radius 3 is 2.46 bits per heavy atom. The van der Waals surface area contributed by atoms with Crippen LogP contribution in [0.25, 0.3) is 27.4 Å². The summed E-state index contributed by atoms with van der Waals surface area (Å²) >= 11 is 7.40. The minimum absolute atomic E-state index is 0.476. The quantitative estimate of drug-likeness (QED) is 0.492. The predicted octanol–water partition coefficient (Wildman–Crippen LogP) is 5.49. The molecule has 4 nitrogen and oxygen atoms in total. The second kappa shape index (κ2) is 6.86. The monoisotopic (exact) mass is 402 g/mol. The SMILES string of the molecule is Nc1nnc(-c2ccc3c(c2)C(c2cccc(-c4ccc(Cl)cc4)n2)=CC3)s1. The number of fused-ring (bicyclic) bond motifs is 1. The lowest BCUT2D eigenvalue weighted by molar-refractivity contribution is 1.10. The van der Waals surface area contributed by atoms with E-state index in [1.54, 1.807) is 0 Å². The van der Waals surface area contributed by atoms with Gasteiger partial charge in [0, 0.05) is 21.7 Å². The molecule has 2 heterocycles. The van der Waals surface area contributed by atoms with Crippen LogP contribution in [0.4, 0.5) is 5.13 Å². The molecule has 0 bridgehead atoms. The van der Waals surface area contributed by atoms with Crippen molar-refractivity contribution in [1.82, 2.24) is 15.2 Å².